The first-order valence-corrected chi connectivity index (χ1v) is 6.31. The first-order valence-electron chi connectivity index (χ1n) is 6.31. The Morgan fingerprint density at radius 3 is 3.06 bits per heavy atom. The summed E-state index contributed by atoms with van der Waals surface area (Å²) in [6, 6.07) is 2.92. The molecule has 0 aromatic carbocycles. The van der Waals surface area contributed by atoms with Gasteiger partial charge in [0.2, 0.25) is 0 Å². The Bertz CT molecular complexity index is 371. The summed E-state index contributed by atoms with van der Waals surface area (Å²) in [6.45, 7) is 2.96. The van der Waals surface area contributed by atoms with Crippen LogP contribution >= 0.6 is 0 Å². The number of aromatic nitrogens is 1. The molecule has 0 spiro atoms. The Morgan fingerprint density at radius 2 is 2.44 bits per heavy atom. The third-order valence-corrected chi connectivity index (χ3v) is 3.45. The summed E-state index contributed by atoms with van der Waals surface area (Å²) in [4.78, 5) is 6.36. The monoisotopic (exact) mass is 253 g/mol. The van der Waals surface area contributed by atoms with E-state index in [9.17, 15) is 4.39 Å². The number of rotatable bonds is 5. The molecule has 2 atom stereocenters. The second-order valence-corrected chi connectivity index (χ2v) is 4.74. The summed E-state index contributed by atoms with van der Waals surface area (Å²) < 4.78 is 18.1. The molecular weight excluding hydrogens is 233 g/mol. The minimum atomic E-state index is -0.326. The van der Waals surface area contributed by atoms with E-state index >= 15 is 0 Å². The van der Waals surface area contributed by atoms with Crippen LogP contribution in [0.1, 0.15) is 24.6 Å². The highest BCUT2D eigenvalue weighted by molar-refractivity contribution is 5.09. The van der Waals surface area contributed by atoms with E-state index in [1.165, 1.54) is 12.3 Å². The van der Waals surface area contributed by atoms with Gasteiger partial charge in [-0.1, -0.05) is 0 Å². The molecule has 1 aromatic rings. The van der Waals surface area contributed by atoms with Crippen LogP contribution < -0.4 is 5.73 Å². The van der Waals surface area contributed by atoms with Gasteiger partial charge in [0, 0.05) is 32.8 Å². The third kappa shape index (κ3) is 3.48. The quantitative estimate of drug-likeness (QED) is 0.860. The number of likely N-dealkylation sites (tertiary alicyclic amines) is 1. The number of methoxy groups -OCH3 is 1. The molecule has 5 heteroatoms. The van der Waals surface area contributed by atoms with E-state index < -0.39 is 0 Å². The van der Waals surface area contributed by atoms with Crippen LogP contribution in [-0.2, 0) is 4.74 Å². The van der Waals surface area contributed by atoms with Crippen molar-refractivity contribution in [3.8, 4) is 0 Å². The third-order valence-electron chi connectivity index (χ3n) is 3.45. The number of pyridine rings is 1. The lowest BCUT2D eigenvalue weighted by molar-refractivity contribution is 0.108. The lowest BCUT2D eigenvalue weighted by atomic mass is 10.1. The Balaban J connectivity index is 1.78. The molecule has 0 aliphatic carbocycles. The predicted molar refractivity (Wildman–Crippen MR) is 67.6 cm³/mol. The molecule has 1 aliphatic heterocycles. The highest BCUT2D eigenvalue weighted by Gasteiger charge is 2.22. The van der Waals surface area contributed by atoms with Crippen molar-refractivity contribution >= 4 is 0 Å². The second-order valence-electron chi connectivity index (χ2n) is 4.74. The van der Waals surface area contributed by atoms with Crippen LogP contribution in [0, 0.1) is 5.82 Å². The molecule has 2 rings (SSSR count). The fourth-order valence-electron chi connectivity index (χ4n) is 2.27. The zero-order valence-electron chi connectivity index (χ0n) is 10.7. The van der Waals surface area contributed by atoms with Crippen molar-refractivity contribution in [2.24, 2.45) is 5.73 Å². The summed E-state index contributed by atoms with van der Waals surface area (Å²) in [5.74, 6) is -0.326. The number of nitrogens with two attached hydrogens (primary N) is 1. The molecule has 0 radical (unpaired) electrons. The number of halogens is 1. The second kappa shape index (κ2) is 6.22. The van der Waals surface area contributed by atoms with Crippen molar-refractivity contribution in [1.29, 1.82) is 0 Å². The van der Waals surface area contributed by atoms with Gasteiger partial charge in [-0.2, -0.15) is 0 Å². The maximum absolute atomic E-state index is 12.7. The molecule has 2 N–H and O–H groups in total. The molecular formula is C13H20FN3O. The first kappa shape index (κ1) is 13.4. The van der Waals surface area contributed by atoms with E-state index in [1.807, 2.05) is 0 Å². The van der Waals surface area contributed by atoms with Gasteiger partial charge in [0.1, 0.15) is 5.82 Å². The van der Waals surface area contributed by atoms with Gasteiger partial charge in [-0.05, 0) is 25.0 Å². The number of ether oxygens (including phenoxy) is 1. The molecule has 1 fully saturated rings. The largest absolute Gasteiger partial charge is 0.380 e. The van der Waals surface area contributed by atoms with Gasteiger partial charge in [0.25, 0.3) is 0 Å². The van der Waals surface area contributed by atoms with E-state index in [-0.39, 0.29) is 11.9 Å². The molecule has 1 aliphatic rings. The van der Waals surface area contributed by atoms with Crippen molar-refractivity contribution in [2.45, 2.75) is 25.0 Å². The molecule has 2 heterocycles. The zero-order chi connectivity index (χ0) is 13.0. The molecule has 1 saturated heterocycles. The lowest BCUT2D eigenvalue weighted by Crippen LogP contribution is -2.27. The summed E-state index contributed by atoms with van der Waals surface area (Å²) in [5.41, 5.74) is 6.80. The van der Waals surface area contributed by atoms with E-state index in [4.69, 9.17) is 10.5 Å². The van der Waals surface area contributed by atoms with Crippen LogP contribution in [0.4, 0.5) is 4.39 Å². The summed E-state index contributed by atoms with van der Waals surface area (Å²) in [6.07, 6.45) is 3.48. The molecule has 1 aromatic heterocycles. The normalized spacial score (nSPS) is 22.3. The van der Waals surface area contributed by atoms with Crippen molar-refractivity contribution < 1.29 is 9.13 Å². The van der Waals surface area contributed by atoms with E-state index in [2.05, 4.69) is 9.88 Å². The van der Waals surface area contributed by atoms with E-state index in [0.717, 1.165) is 38.2 Å². The van der Waals surface area contributed by atoms with Gasteiger partial charge in [0.05, 0.1) is 18.0 Å². The number of hydrogen-bond acceptors (Lipinski definition) is 4. The molecule has 4 nitrogen and oxygen atoms in total. The molecule has 100 valence electrons. The van der Waals surface area contributed by atoms with Gasteiger partial charge < -0.3 is 15.4 Å². The standard InChI is InChI=1S/C13H20FN3O/c1-18-11-4-6-17(9-11)7-5-12(15)13-3-2-10(14)8-16-13/h2-3,8,11-12H,4-7,9,15H2,1H3. The van der Waals surface area contributed by atoms with Gasteiger partial charge in [-0.15, -0.1) is 0 Å². The zero-order valence-corrected chi connectivity index (χ0v) is 10.7. The maximum Gasteiger partial charge on any atom is 0.141 e. The fraction of sp³-hybridized carbons (Fsp3) is 0.615. The van der Waals surface area contributed by atoms with Crippen molar-refractivity contribution in [3.63, 3.8) is 0 Å². The van der Waals surface area contributed by atoms with Gasteiger partial charge in [0.15, 0.2) is 0 Å². The van der Waals surface area contributed by atoms with Crippen molar-refractivity contribution in [1.82, 2.24) is 9.88 Å². The Labute approximate surface area is 107 Å². The Hall–Kier alpha value is -1.04. The van der Waals surface area contributed by atoms with Crippen LogP contribution in [0.25, 0.3) is 0 Å². The predicted octanol–water partition coefficient (Wildman–Crippen LogP) is 1.33. The highest BCUT2D eigenvalue weighted by Crippen LogP contribution is 2.16. The molecule has 0 amide bonds. The van der Waals surface area contributed by atoms with Crippen molar-refractivity contribution in [3.05, 3.63) is 29.8 Å². The summed E-state index contributed by atoms with van der Waals surface area (Å²) >= 11 is 0. The van der Waals surface area contributed by atoms with Crippen LogP contribution in [-0.4, -0.2) is 42.7 Å². The molecule has 0 bridgehead atoms. The van der Waals surface area contributed by atoms with Crippen LogP contribution in [0.15, 0.2) is 18.3 Å². The number of hydrogen-bond donors (Lipinski definition) is 1. The first-order chi connectivity index (χ1) is 8.69. The number of nitrogens with zero attached hydrogens (tertiary/aromatic N) is 2. The van der Waals surface area contributed by atoms with E-state index in [0.29, 0.717) is 6.10 Å². The average Bonchev–Trinajstić information content (AvgIpc) is 2.85. The molecule has 18 heavy (non-hydrogen) atoms. The van der Waals surface area contributed by atoms with Crippen LogP contribution in [0.3, 0.4) is 0 Å². The van der Waals surface area contributed by atoms with Crippen LogP contribution in [0.2, 0.25) is 0 Å². The van der Waals surface area contributed by atoms with Gasteiger partial charge in [-0.3, -0.25) is 4.98 Å². The fourth-order valence-corrected chi connectivity index (χ4v) is 2.27. The van der Waals surface area contributed by atoms with Crippen molar-refractivity contribution in [2.75, 3.05) is 26.7 Å². The van der Waals surface area contributed by atoms with Gasteiger partial charge >= 0.3 is 0 Å². The molecule has 0 saturated carbocycles. The van der Waals surface area contributed by atoms with Gasteiger partial charge in [-0.25, -0.2) is 4.39 Å². The maximum atomic E-state index is 12.7. The summed E-state index contributed by atoms with van der Waals surface area (Å²) in [7, 11) is 1.75. The lowest BCUT2D eigenvalue weighted by Gasteiger charge is -2.18. The minimum absolute atomic E-state index is 0.132. The highest BCUT2D eigenvalue weighted by atomic mass is 19.1. The van der Waals surface area contributed by atoms with Crippen LogP contribution in [0.5, 0.6) is 0 Å². The topological polar surface area (TPSA) is 51.4 Å². The Morgan fingerprint density at radius 1 is 1.61 bits per heavy atom. The SMILES string of the molecule is COC1CCN(CCC(N)c2ccc(F)cn2)C1. The molecule has 2 unspecified atom stereocenters. The smallest absolute Gasteiger partial charge is 0.141 e. The average molecular weight is 253 g/mol. The van der Waals surface area contributed by atoms with E-state index in [1.54, 1.807) is 13.2 Å². The minimum Gasteiger partial charge on any atom is -0.380 e. The summed E-state index contributed by atoms with van der Waals surface area (Å²) in [5, 5.41) is 0. The Kier molecular flexibility index (Phi) is 4.63.